The van der Waals surface area contributed by atoms with Gasteiger partial charge in [-0.1, -0.05) is 19.6 Å². The minimum Gasteiger partial charge on any atom is -0.466 e. The summed E-state index contributed by atoms with van der Waals surface area (Å²) >= 11 is 2.66. The fourth-order valence-corrected chi connectivity index (χ4v) is 6.05. The fraction of sp³-hybridized carbons (Fsp3) is 0.550. The molecule has 6 nitrogen and oxygen atoms in total. The first kappa shape index (κ1) is 21.4. The Bertz CT molecular complexity index is 726. The maximum absolute atomic E-state index is 11.8. The minimum atomic E-state index is -1.67. The highest BCUT2D eigenvalue weighted by molar-refractivity contribution is 7.12. The molecule has 3 fully saturated rings. The van der Waals surface area contributed by atoms with E-state index in [0.29, 0.717) is 34.0 Å². The van der Waals surface area contributed by atoms with Crippen molar-refractivity contribution < 1.29 is 29.4 Å². The van der Waals surface area contributed by atoms with Crippen LogP contribution < -0.4 is 4.90 Å². The van der Waals surface area contributed by atoms with Gasteiger partial charge in [-0.05, 0) is 22.9 Å². The summed E-state index contributed by atoms with van der Waals surface area (Å²) in [6, 6.07) is 8.22. The lowest BCUT2D eigenvalue weighted by Crippen LogP contribution is -3.17. The molecule has 5 heterocycles. The van der Waals surface area contributed by atoms with Crippen molar-refractivity contribution in [3.8, 4) is 0 Å². The third-order valence-corrected chi connectivity index (χ3v) is 7.77. The summed E-state index contributed by atoms with van der Waals surface area (Å²) in [6.07, 6.45) is 2.84. The van der Waals surface area contributed by atoms with Crippen LogP contribution in [0.15, 0.2) is 35.0 Å². The largest absolute Gasteiger partial charge is 0.466 e. The molecule has 4 atom stereocenters. The number of aliphatic hydroxyl groups excluding tert-OH is 1. The number of nitrogens with one attached hydrogen (secondary N) is 1. The zero-order valence-electron chi connectivity index (χ0n) is 15.2. The number of likely N-dealkylation sites (N-methyl/N-ethyl adjacent to an activating group) is 1. The van der Waals surface area contributed by atoms with Gasteiger partial charge in [0.05, 0.1) is 30.0 Å². The standard InChI is InChI=1S/C11H10O3S2.C8H13NO2.CH4/c1-14-10(12)11(13,8-4-2-6-15-8)9-5-3-7-16-9;1-9-5-2-4(10)3-6(9)8-7(5)11-8;/h2-7,13H,1H3;4-8,10H,2-3H2,1H3;1H4/p+1. The molecule has 0 aliphatic carbocycles. The number of piperidine rings is 1. The van der Waals surface area contributed by atoms with Gasteiger partial charge in [0.2, 0.25) is 5.60 Å². The molecule has 3 aliphatic heterocycles. The van der Waals surface area contributed by atoms with Crippen molar-refractivity contribution in [2.24, 2.45) is 0 Å². The first-order chi connectivity index (χ1) is 13.0. The van der Waals surface area contributed by atoms with E-state index < -0.39 is 11.6 Å². The number of morpholine rings is 1. The normalized spacial score (nSPS) is 32.4. The SMILES string of the molecule is C.COC(=O)C(O)(c1cccs1)c1cccs1.C[NH+]1C2CC(O)CC1C1OC12. The molecule has 2 aromatic heterocycles. The number of thiophene rings is 2. The zero-order chi connectivity index (χ0) is 19.2. The Kier molecular flexibility index (Phi) is 6.29. The monoisotopic (exact) mass is 426 g/mol. The van der Waals surface area contributed by atoms with Gasteiger partial charge in [0.15, 0.2) is 0 Å². The van der Waals surface area contributed by atoms with E-state index in [1.165, 1.54) is 29.8 Å². The number of carbonyl (C=O) groups is 1. The fourth-order valence-electron chi connectivity index (χ4n) is 4.34. The van der Waals surface area contributed by atoms with E-state index in [-0.39, 0.29) is 13.5 Å². The molecule has 8 heteroatoms. The van der Waals surface area contributed by atoms with Crippen LogP contribution in [0.2, 0.25) is 0 Å². The molecule has 28 heavy (non-hydrogen) atoms. The second-order valence-electron chi connectivity index (χ2n) is 7.30. The Morgan fingerprint density at radius 2 is 1.68 bits per heavy atom. The third kappa shape index (κ3) is 3.53. The quantitative estimate of drug-likeness (QED) is 0.504. The van der Waals surface area contributed by atoms with Crippen LogP contribution in [-0.2, 0) is 19.9 Å². The van der Waals surface area contributed by atoms with Gasteiger partial charge < -0.3 is 24.6 Å². The van der Waals surface area contributed by atoms with Crippen LogP contribution in [0.1, 0.15) is 30.0 Å². The third-order valence-electron chi connectivity index (χ3n) is 5.81. The molecule has 0 spiro atoms. The molecule has 0 amide bonds. The van der Waals surface area contributed by atoms with E-state index in [4.69, 9.17) is 4.74 Å². The molecule has 0 radical (unpaired) electrons. The number of quaternary nitrogens is 1. The smallest absolute Gasteiger partial charge is 0.349 e. The Morgan fingerprint density at radius 3 is 2.07 bits per heavy atom. The molecule has 2 bridgehead atoms. The predicted molar refractivity (Wildman–Crippen MR) is 109 cm³/mol. The van der Waals surface area contributed by atoms with Crippen molar-refractivity contribution in [1.29, 1.82) is 0 Å². The van der Waals surface area contributed by atoms with Crippen molar-refractivity contribution in [3.05, 3.63) is 44.8 Å². The number of esters is 1. The number of hydrogen-bond donors (Lipinski definition) is 3. The Labute approximate surface area is 173 Å². The first-order valence-corrected chi connectivity index (χ1v) is 10.8. The molecule has 0 aromatic carbocycles. The Balaban J connectivity index is 0.000000164. The number of hydrogen-bond acceptors (Lipinski definition) is 7. The number of methoxy groups -OCH3 is 1. The Morgan fingerprint density at radius 1 is 1.18 bits per heavy atom. The number of aliphatic hydroxyl groups is 2. The minimum absolute atomic E-state index is 0. The van der Waals surface area contributed by atoms with Crippen LogP contribution >= 0.6 is 22.7 Å². The Hall–Kier alpha value is -1.29. The van der Waals surface area contributed by atoms with Gasteiger partial charge >= 0.3 is 5.97 Å². The maximum Gasteiger partial charge on any atom is 0.349 e. The molecular weight excluding hydrogens is 398 g/mol. The van der Waals surface area contributed by atoms with Gasteiger partial charge in [-0.2, -0.15) is 0 Å². The van der Waals surface area contributed by atoms with Crippen LogP contribution in [0, 0.1) is 0 Å². The lowest BCUT2D eigenvalue weighted by atomic mass is 10.00. The molecule has 154 valence electrons. The lowest BCUT2D eigenvalue weighted by Gasteiger charge is -2.33. The number of epoxide rings is 1. The van der Waals surface area contributed by atoms with Gasteiger partial charge in [-0.3, -0.25) is 0 Å². The van der Waals surface area contributed by atoms with E-state index in [1.54, 1.807) is 29.2 Å². The van der Waals surface area contributed by atoms with Crippen molar-refractivity contribution >= 4 is 28.6 Å². The van der Waals surface area contributed by atoms with Gasteiger partial charge in [0.1, 0.15) is 24.3 Å². The molecule has 3 N–H and O–H groups in total. The van der Waals surface area contributed by atoms with Gasteiger partial charge in [0, 0.05) is 12.8 Å². The van der Waals surface area contributed by atoms with E-state index in [0.717, 1.165) is 12.8 Å². The topological polar surface area (TPSA) is 83.7 Å². The van der Waals surface area contributed by atoms with Crippen LogP contribution in [0.3, 0.4) is 0 Å². The summed E-state index contributed by atoms with van der Waals surface area (Å²) in [5.74, 6) is -0.655. The van der Waals surface area contributed by atoms with Crippen molar-refractivity contribution in [2.45, 2.75) is 56.3 Å². The summed E-state index contributed by atoms with van der Waals surface area (Å²) < 4.78 is 10.2. The van der Waals surface area contributed by atoms with Crippen LogP contribution in [0.25, 0.3) is 0 Å². The summed E-state index contributed by atoms with van der Waals surface area (Å²) in [6.45, 7) is 0. The highest BCUT2D eigenvalue weighted by Gasteiger charge is 2.66. The first-order valence-electron chi connectivity index (χ1n) is 9.02. The molecular formula is C20H28NO5S2+. The van der Waals surface area contributed by atoms with Gasteiger partial charge in [-0.25, -0.2) is 4.79 Å². The number of ether oxygens (including phenoxy) is 2. The van der Waals surface area contributed by atoms with E-state index in [2.05, 4.69) is 11.8 Å². The highest BCUT2D eigenvalue weighted by atomic mass is 32.1. The highest BCUT2D eigenvalue weighted by Crippen LogP contribution is 2.38. The molecule has 5 rings (SSSR count). The second-order valence-corrected chi connectivity index (χ2v) is 9.20. The van der Waals surface area contributed by atoms with Crippen molar-refractivity contribution in [1.82, 2.24) is 0 Å². The van der Waals surface area contributed by atoms with Gasteiger partial charge in [0.25, 0.3) is 0 Å². The molecule has 2 aromatic rings. The second kappa shape index (κ2) is 8.22. The van der Waals surface area contributed by atoms with Crippen molar-refractivity contribution in [2.75, 3.05) is 14.2 Å². The van der Waals surface area contributed by atoms with Crippen LogP contribution in [-0.4, -0.2) is 60.7 Å². The molecule has 3 saturated heterocycles. The molecule has 0 saturated carbocycles. The summed E-state index contributed by atoms with van der Waals surface area (Å²) in [4.78, 5) is 14.5. The van der Waals surface area contributed by atoms with Crippen LogP contribution in [0.5, 0.6) is 0 Å². The molecule has 3 aliphatic rings. The van der Waals surface area contributed by atoms with E-state index >= 15 is 0 Å². The summed E-state index contributed by atoms with van der Waals surface area (Å²) in [5, 5.41) is 23.7. The van der Waals surface area contributed by atoms with E-state index in [1.807, 2.05) is 10.8 Å². The maximum atomic E-state index is 11.8. The van der Waals surface area contributed by atoms with Crippen molar-refractivity contribution in [3.63, 3.8) is 0 Å². The number of carbonyl (C=O) groups excluding carboxylic acids is 1. The summed E-state index contributed by atoms with van der Waals surface area (Å²) in [5.41, 5.74) is -1.67. The molecule has 4 unspecified atom stereocenters. The van der Waals surface area contributed by atoms with Gasteiger partial charge in [-0.15, -0.1) is 22.7 Å². The average Bonchev–Trinajstić information content (AvgIpc) is 3.05. The number of fused-ring (bicyclic) bond motifs is 5. The lowest BCUT2D eigenvalue weighted by molar-refractivity contribution is -0.931. The predicted octanol–water partition coefficient (Wildman–Crippen LogP) is 1.03. The summed E-state index contributed by atoms with van der Waals surface area (Å²) in [7, 11) is 3.51. The average molecular weight is 427 g/mol. The zero-order valence-corrected chi connectivity index (χ0v) is 16.8. The van der Waals surface area contributed by atoms with E-state index in [9.17, 15) is 15.0 Å². The van der Waals surface area contributed by atoms with Crippen LogP contribution in [0.4, 0.5) is 0 Å². The number of rotatable bonds is 3.